The van der Waals surface area contributed by atoms with Crippen LogP contribution >= 0.6 is 11.3 Å². The van der Waals surface area contributed by atoms with E-state index in [-0.39, 0.29) is 0 Å². The van der Waals surface area contributed by atoms with Gasteiger partial charge in [0.2, 0.25) is 11.9 Å². The van der Waals surface area contributed by atoms with E-state index in [2.05, 4.69) is 26.2 Å². The maximum atomic E-state index is 4.44. The molecule has 78 valence electrons. The summed E-state index contributed by atoms with van der Waals surface area (Å²) in [6.07, 6.45) is 0. The number of fused-ring (bicyclic) bond motifs is 3. The number of nitrogens with one attached hydrogen (secondary N) is 1. The summed E-state index contributed by atoms with van der Waals surface area (Å²) in [4.78, 5) is 6.30. The van der Waals surface area contributed by atoms with Gasteiger partial charge in [0.25, 0.3) is 0 Å². The number of anilines is 2. The quantitative estimate of drug-likeness (QED) is 0.789. The van der Waals surface area contributed by atoms with Gasteiger partial charge in [0.15, 0.2) is 0 Å². The van der Waals surface area contributed by atoms with Gasteiger partial charge in [-0.1, -0.05) is 0 Å². The van der Waals surface area contributed by atoms with E-state index in [0.29, 0.717) is 0 Å². The van der Waals surface area contributed by atoms with Gasteiger partial charge in [-0.05, 0) is 5.38 Å². The van der Waals surface area contributed by atoms with Gasteiger partial charge in [0.1, 0.15) is 0 Å². The molecule has 1 N–H and O–H groups in total. The molecule has 0 amide bonds. The fraction of sp³-hybridized carbons (Fsp3) is 0.333. The van der Waals surface area contributed by atoms with Crippen molar-refractivity contribution in [1.29, 1.82) is 0 Å². The summed E-state index contributed by atoms with van der Waals surface area (Å²) in [7, 11) is 3.88. The van der Waals surface area contributed by atoms with Crippen LogP contribution in [0.2, 0.25) is 0 Å². The van der Waals surface area contributed by atoms with Crippen molar-refractivity contribution in [1.82, 2.24) is 14.8 Å². The van der Waals surface area contributed by atoms with Crippen molar-refractivity contribution in [2.45, 2.75) is 6.54 Å². The van der Waals surface area contributed by atoms with Crippen LogP contribution in [0.5, 0.6) is 0 Å². The summed E-state index contributed by atoms with van der Waals surface area (Å²) in [6.45, 7) is 0.838. The Kier molecular flexibility index (Phi) is 1.72. The molecule has 15 heavy (non-hydrogen) atoms. The smallest absolute Gasteiger partial charge is 0.246 e. The molecule has 0 atom stereocenters. The van der Waals surface area contributed by atoms with E-state index >= 15 is 0 Å². The first-order chi connectivity index (χ1) is 7.25. The van der Waals surface area contributed by atoms with Crippen molar-refractivity contribution in [2.24, 2.45) is 0 Å². The lowest BCUT2D eigenvalue weighted by atomic mass is 10.2. The Hall–Kier alpha value is -1.56. The summed E-state index contributed by atoms with van der Waals surface area (Å²) >= 11 is 1.69. The Bertz CT molecular complexity index is 498. The molecule has 0 radical (unpaired) electrons. The second-order valence-electron chi connectivity index (χ2n) is 3.68. The van der Waals surface area contributed by atoms with Crippen molar-refractivity contribution in [2.75, 3.05) is 24.3 Å². The molecule has 3 heterocycles. The minimum absolute atomic E-state index is 0.733. The molecule has 6 heteroatoms. The van der Waals surface area contributed by atoms with Crippen LogP contribution in [0.4, 0.5) is 11.9 Å². The molecule has 2 aromatic heterocycles. The van der Waals surface area contributed by atoms with Crippen LogP contribution in [0.1, 0.15) is 5.56 Å². The minimum Gasteiger partial charge on any atom is -0.350 e. The number of hydrogen-bond donors (Lipinski definition) is 1. The molecule has 3 rings (SSSR count). The van der Waals surface area contributed by atoms with E-state index in [0.717, 1.165) is 24.1 Å². The van der Waals surface area contributed by atoms with Gasteiger partial charge in [-0.25, -0.2) is 0 Å². The van der Waals surface area contributed by atoms with Crippen molar-refractivity contribution < 1.29 is 0 Å². The van der Waals surface area contributed by atoms with Gasteiger partial charge in [0, 0.05) is 31.6 Å². The third-order valence-corrected chi connectivity index (χ3v) is 3.16. The van der Waals surface area contributed by atoms with Crippen LogP contribution in [-0.4, -0.2) is 28.9 Å². The van der Waals surface area contributed by atoms with Crippen LogP contribution in [0.25, 0.3) is 5.69 Å². The van der Waals surface area contributed by atoms with Gasteiger partial charge >= 0.3 is 0 Å². The average Bonchev–Trinajstić information content (AvgIpc) is 2.82. The molecule has 0 saturated carbocycles. The zero-order valence-corrected chi connectivity index (χ0v) is 9.38. The van der Waals surface area contributed by atoms with E-state index in [4.69, 9.17) is 0 Å². The van der Waals surface area contributed by atoms with Crippen LogP contribution in [0.15, 0.2) is 10.8 Å². The Labute approximate surface area is 91.4 Å². The first-order valence-corrected chi connectivity index (χ1v) is 5.63. The maximum absolute atomic E-state index is 4.44. The summed E-state index contributed by atoms with van der Waals surface area (Å²) in [5.41, 5.74) is 2.43. The van der Waals surface area contributed by atoms with E-state index < -0.39 is 0 Å². The molecule has 0 spiro atoms. The van der Waals surface area contributed by atoms with Crippen molar-refractivity contribution >= 4 is 23.2 Å². The minimum atomic E-state index is 0.733. The fourth-order valence-corrected chi connectivity index (χ4v) is 2.40. The van der Waals surface area contributed by atoms with Crippen LogP contribution in [-0.2, 0) is 6.54 Å². The summed E-state index contributed by atoms with van der Waals surface area (Å²) in [5, 5.41) is 11.9. The van der Waals surface area contributed by atoms with Crippen molar-refractivity contribution in [3.63, 3.8) is 0 Å². The number of thiophene rings is 1. The van der Waals surface area contributed by atoms with Crippen LogP contribution < -0.4 is 10.2 Å². The van der Waals surface area contributed by atoms with E-state index in [9.17, 15) is 0 Å². The monoisotopic (exact) mass is 221 g/mol. The summed E-state index contributed by atoms with van der Waals surface area (Å²) < 4.78 is 1.87. The van der Waals surface area contributed by atoms with Gasteiger partial charge in [-0.15, -0.1) is 16.4 Å². The normalized spacial score (nSPS) is 12.9. The van der Waals surface area contributed by atoms with E-state index in [1.807, 2.05) is 23.7 Å². The Morgan fingerprint density at radius 1 is 1.47 bits per heavy atom. The highest BCUT2D eigenvalue weighted by Crippen LogP contribution is 2.28. The van der Waals surface area contributed by atoms with Crippen molar-refractivity contribution in [3.8, 4) is 5.69 Å². The standard InChI is InChI=1S/C9H11N5S/c1-13(2)9-11-8-10-3-6-4-15-5-7(6)14(8)12-9/h4-5H,3H2,1-2H3,(H,10,11,12). The highest BCUT2D eigenvalue weighted by atomic mass is 32.1. The number of nitrogens with zero attached hydrogens (tertiary/aromatic N) is 4. The molecule has 0 unspecified atom stereocenters. The summed E-state index contributed by atoms with van der Waals surface area (Å²) in [6, 6.07) is 0. The third-order valence-electron chi connectivity index (χ3n) is 2.38. The Morgan fingerprint density at radius 2 is 2.33 bits per heavy atom. The van der Waals surface area contributed by atoms with E-state index in [1.165, 1.54) is 5.56 Å². The predicted molar refractivity (Wildman–Crippen MR) is 60.9 cm³/mol. The fourth-order valence-electron chi connectivity index (χ4n) is 1.58. The SMILES string of the molecule is CN(C)c1nc2n(n1)-c1cscc1CN2. The maximum Gasteiger partial charge on any atom is 0.246 e. The molecular weight excluding hydrogens is 210 g/mol. The lowest BCUT2D eigenvalue weighted by molar-refractivity contribution is 0.830. The van der Waals surface area contributed by atoms with Gasteiger partial charge in [0.05, 0.1) is 5.69 Å². The number of hydrogen-bond acceptors (Lipinski definition) is 5. The van der Waals surface area contributed by atoms with Gasteiger partial charge in [-0.3, -0.25) is 0 Å². The number of aromatic nitrogens is 3. The van der Waals surface area contributed by atoms with Gasteiger partial charge in [-0.2, -0.15) is 9.67 Å². The second kappa shape index (κ2) is 2.96. The molecule has 1 aliphatic heterocycles. The van der Waals surface area contributed by atoms with Crippen LogP contribution in [0, 0.1) is 0 Å². The van der Waals surface area contributed by atoms with Gasteiger partial charge < -0.3 is 10.2 Å². The molecule has 1 aliphatic rings. The number of rotatable bonds is 1. The predicted octanol–water partition coefficient (Wildman–Crippen LogP) is 1.32. The molecule has 0 aromatic carbocycles. The van der Waals surface area contributed by atoms with E-state index in [1.54, 1.807) is 11.3 Å². The third kappa shape index (κ3) is 1.21. The molecule has 0 saturated heterocycles. The highest BCUT2D eigenvalue weighted by molar-refractivity contribution is 7.08. The molecule has 5 nitrogen and oxygen atoms in total. The zero-order chi connectivity index (χ0) is 10.4. The Morgan fingerprint density at radius 3 is 3.13 bits per heavy atom. The molecule has 0 fully saturated rings. The lowest BCUT2D eigenvalue weighted by Crippen LogP contribution is -2.14. The first-order valence-electron chi connectivity index (χ1n) is 4.69. The topological polar surface area (TPSA) is 46.0 Å². The van der Waals surface area contributed by atoms with Crippen LogP contribution in [0.3, 0.4) is 0 Å². The van der Waals surface area contributed by atoms with Crippen molar-refractivity contribution in [3.05, 3.63) is 16.3 Å². The lowest BCUT2D eigenvalue weighted by Gasteiger charge is -2.13. The average molecular weight is 221 g/mol. The molecule has 0 aliphatic carbocycles. The molecule has 0 bridgehead atoms. The first kappa shape index (κ1) is 8.72. The summed E-state index contributed by atoms with van der Waals surface area (Å²) in [5.74, 6) is 1.56. The molecule has 2 aromatic rings. The largest absolute Gasteiger partial charge is 0.350 e. The highest BCUT2D eigenvalue weighted by Gasteiger charge is 2.20. The Balaban J connectivity index is 2.16. The second-order valence-corrected chi connectivity index (χ2v) is 4.42. The molecular formula is C9H11N5S. The zero-order valence-electron chi connectivity index (χ0n) is 8.56.